The van der Waals surface area contributed by atoms with Gasteiger partial charge < -0.3 is 0 Å². The number of hydrogen-bond donors (Lipinski definition) is 0. The van der Waals surface area contributed by atoms with Crippen molar-refractivity contribution in [2.24, 2.45) is 10.8 Å². The van der Waals surface area contributed by atoms with E-state index < -0.39 is 0 Å². The maximum atomic E-state index is 12.2. The first kappa shape index (κ1) is 15.8. The third-order valence-electron chi connectivity index (χ3n) is 4.56. The SMILES string of the molecule is CCC1(C)C=CC(C(=O)/C=C/C2=CCC(C)(C)C=C2)=CC1. The lowest BCUT2D eigenvalue weighted by atomic mass is 9.79. The molecule has 0 aromatic heterocycles. The summed E-state index contributed by atoms with van der Waals surface area (Å²) in [5.74, 6) is 0.100. The Labute approximate surface area is 128 Å². The van der Waals surface area contributed by atoms with Crippen molar-refractivity contribution in [3.05, 3.63) is 59.8 Å². The Bertz CT molecular complexity index is 567. The largest absolute Gasteiger partial charge is 0.289 e. The Kier molecular flexibility index (Phi) is 4.51. The van der Waals surface area contributed by atoms with Crippen molar-refractivity contribution in [3.63, 3.8) is 0 Å². The normalized spacial score (nSPS) is 27.6. The highest BCUT2D eigenvalue weighted by Crippen LogP contribution is 2.33. The highest BCUT2D eigenvalue weighted by atomic mass is 16.1. The quantitative estimate of drug-likeness (QED) is 0.637. The molecular formula is C20H26O. The van der Waals surface area contributed by atoms with E-state index in [2.05, 4.69) is 58.1 Å². The van der Waals surface area contributed by atoms with Crippen LogP contribution in [-0.2, 0) is 4.79 Å². The van der Waals surface area contributed by atoms with Crippen LogP contribution in [0.3, 0.4) is 0 Å². The van der Waals surface area contributed by atoms with Gasteiger partial charge in [0.2, 0.25) is 0 Å². The van der Waals surface area contributed by atoms with Crippen LogP contribution in [0.25, 0.3) is 0 Å². The van der Waals surface area contributed by atoms with E-state index >= 15 is 0 Å². The molecule has 112 valence electrons. The van der Waals surface area contributed by atoms with Gasteiger partial charge >= 0.3 is 0 Å². The summed E-state index contributed by atoms with van der Waals surface area (Å²) in [5, 5.41) is 0. The Morgan fingerprint density at radius 3 is 2.43 bits per heavy atom. The van der Waals surface area contributed by atoms with Gasteiger partial charge in [-0.15, -0.1) is 0 Å². The van der Waals surface area contributed by atoms with Crippen LogP contribution in [0, 0.1) is 10.8 Å². The fourth-order valence-corrected chi connectivity index (χ4v) is 2.45. The summed E-state index contributed by atoms with van der Waals surface area (Å²) in [7, 11) is 0. The van der Waals surface area contributed by atoms with Gasteiger partial charge in [0.1, 0.15) is 0 Å². The zero-order valence-corrected chi connectivity index (χ0v) is 13.6. The minimum atomic E-state index is 0.100. The molecule has 2 rings (SSSR count). The molecule has 0 saturated heterocycles. The Balaban J connectivity index is 1.98. The first-order chi connectivity index (χ1) is 9.84. The van der Waals surface area contributed by atoms with Crippen LogP contribution in [0.4, 0.5) is 0 Å². The number of ketones is 1. The second-order valence-electron chi connectivity index (χ2n) is 7.13. The standard InChI is InChI=1S/C20H26O/c1-5-20(4)14-10-17(11-15-20)18(21)7-6-16-8-12-19(2,3)13-9-16/h6-12,14H,5,13,15H2,1-4H3/b7-6+. The average Bonchev–Trinajstić information content (AvgIpc) is 2.46. The molecule has 2 aliphatic carbocycles. The summed E-state index contributed by atoms with van der Waals surface area (Å²) in [4.78, 5) is 12.2. The molecule has 21 heavy (non-hydrogen) atoms. The summed E-state index contributed by atoms with van der Waals surface area (Å²) in [5.41, 5.74) is 2.40. The number of rotatable bonds is 4. The molecule has 0 spiro atoms. The van der Waals surface area contributed by atoms with Crippen LogP contribution < -0.4 is 0 Å². The van der Waals surface area contributed by atoms with Gasteiger partial charge in [-0.05, 0) is 41.7 Å². The van der Waals surface area contributed by atoms with E-state index in [-0.39, 0.29) is 16.6 Å². The van der Waals surface area contributed by atoms with Crippen LogP contribution in [0.1, 0.15) is 47.0 Å². The van der Waals surface area contributed by atoms with E-state index in [1.54, 1.807) is 6.08 Å². The Morgan fingerprint density at radius 2 is 1.90 bits per heavy atom. The van der Waals surface area contributed by atoms with Crippen molar-refractivity contribution in [1.29, 1.82) is 0 Å². The molecular weight excluding hydrogens is 256 g/mol. The lowest BCUT2D eigenvalue weighted by Crippen LogP contribution is -2.14. The van der Waals surface area contributed by atoms with Crippen molar-refractivity contribution in [1.82, 2.24) is 0 Å². The second kappa shape index (κ2) is 6.01. The summed E-state index contributed by atoms with van der Waals surface area (Å²) >= 11 is 0. The molecule has 0 fully saturated rings. The van der Waals surface area contributed by atoms with Crippen LogP contribution >= 0.6 is 0 Å². The predicted molar refractivity (Wildman–Crippen MR) is 90.0 cm³/mol. The minimum Gasteiger partial charge on any atom is -0.289 e. The smallest absolute Gasteiger partial charge is 0.185 e. The van der Waals surface area contributed by atoms with Gasteiger partial charge in [-0.25, -0.2) is 0 Å². The molecule has 0 radical (unpaired) electrons. The molecule has 0 bridgehead atoms. The van der Waals surface area contributed by atoms with E-state index in [0.29, 0.717) is 0 Å². The third kappa shape index (κ3) is 4.17. The van der Waals surface area contributed by atoms with Gasteiger partial charge in [-0.1, -0.05) is 70.2 Å². The summed E-state index contributed by atoms with van der Waals surface area (Å²) < 4.78 is 0. The number of carbonyl (C=O) groups is 1. The first-order valence-corrected chi connectivity index (χ1v) is 7.85. The highest BCUT2D eigenvalue weighted by molar-refractivity contribution is 6.06. The lowest BCUT2D eigenvalue weighted by molar-refractivity contribution is -0.111. The molecule has 2 aliphatic rings. The Morgan fingerprint density at radius 1 is 1.14 bits per heavy atom. The molecule has 0 aromatic rings. The van der Waals surface area contributed by atoms with Crippen LogP contribution in [-0.4, -0.2) is 5.78 Å². The summed E-state index contributed by atoms with van der Waals surface area (Å²) in [6, 6.07) is 0. The molecule has 1 atom stereocenters. The number of allylic oxidation sites excluding steroid dienone is 10. The number of hydrogen-bond acceptors (Lipinski definition) is 1. The van der Waals surface area contributed by atoms with Gasteiger partial charge in [0, 0.05) is 5.57 Å². The van der Waals surface area contributed by atoms with Gasteiger partial charge in [-0.2, -0.15) is 0 Å². The number of carbonyl (C=O) groups excluding carboxylic acids is 1. The highest BCUT2D eigenvalue weighted by Gasteiger charge is 2.21. The van der Waals surface area contributed by atoms with E-state index in [4.69, 9.17) is 0 Å². The molecule has 0 heterocycles. The molecule has 0 aromatic carbocycles. The lowest BCUT2D eigenvalue weighted by Gasteiger charge is -2.25. The van der Waals surface area contributed by atoms with Gasteiger partial charge in [0.25, 0.3) is 0 Å². The van der Waals surface area contributed by atoms with E-state index in [1.807, 2.05) is 12.2 Å². The average molecular weight is 282 g/mol. The van der Waals surface area contributed by atoms with E-state index in [1.165, 1.54) is 0 Å². The third-order valence-corrected chi connectivity index (χ3v) is 4.56. The van der Waals surface area contributed by atoms with Crippen molar-refractivity contribution in [2.75, 3.05) is 0 Å². The fraction of sp³-hybridized carbons (Fsp3) is 0.450. The molecule has 0 N–H and O–H groups in total. The van der Waals surface area contributed by atoms with Crippen molar-refractivity contribution in [3.8, 4) is 0 Å². The molecule has 0 amide bonds. The van der Waals surface area contributed by atoms with Crippen molar-refractivity contribution < 1.29 is 4.79 Å². The van der Waals surface area contributed by atoms with Crippen LogP contribution in [0.15, 0.2) is 59.8 Å². The molecule has 0 aliphatic heterocycles. The van der Waals surface area contributed by atoms with Crippen molar-refractivity contribution in [2.45, 2.75) is 47.0 Å². The first-order valence-electron chi connectivity index (χ1n) is 7.85. The topological polar surface area (TPSA) is 17.1 Å². The van der Waals surface area contributed by atoms with E-state index in [0.717, 1.165) is 30.4 Å². The summed E-state index contributed by atoms with van der Waals surface area (Å²) in [6.07, 6.45) is 19.4. The van der Waals surface area contributed by atoms with Gasteiger partial charge in [0.05, 0.1) is 0 Å². The predicted octanol–water partition coefficient (Wildman–Crippen LogP) is 5.33. The zero-order chi connectivity index (χ0) is 15.5. The van der Waals surface area contributed by atoms with Crippen molar-refractivity contribution >= 4 is 5.78 Å². The maximum Gasteiger partial charge on any atom is 0.185 e. The second-order valence-corrected chi connectivity index (χ2v) is 7.13. The van der Waals surface area contributed by atoms with Gasteiger partial charge in [-0.3, -0.25) is 4.79 Å². The van der Waals surface area contributed by atoms with Crippen LogP contribution in [0.5, 0.6) is 0 Å². The zero-order valence-electron chi connectivity index (χ0n) is 13.6. The minimum absolute atomic E-state index is 0.100. The Hall–Kier alpha value is -1.63. The monoisotopic (exact) mass is 282 g/mol. The maximum absolute atomic E-state index is 12.2. The molecule has 1 heteroatoms. The summed E-state index contributed by atoms with van der Waals surface area (Å²) in [6.45, 7) is 8.85. The molecule has 0 saturated carbocycles. The van der Waals surface area contributed by atoms with Crippen LogP contribution in [0.2, 0.25) is 0 Å². The fourth-order valence-electron chi connectivity index (χ4n) is 2.45. The molecule has 1 nitrogen and oxygen atoms in total. The van der Waals surface area contributed by atoms with E-state index in [9.17, 15) is 4.79 Å². The van der Waals surface area contributed by atoms with Gasteiger partial charge in [0.15, 0.2) is 5.78 Å². The molecule has 1 unspecified atom stereocenters.